The van der Waals surface area contributed by atoms with E-state index in [-0.39, 0.29) is 17.7 Å². The molecule has 0 aliphatic carbocycles. The van der Waals surface area contributed by atoms with E-state index in [0.29, 0.717) is 5.56 Å². The van der Waals surface area contributed by atoms with Crippen LogP contribution in [-0.2, 0) is 6.42 Å². The lowest BCUT2D eigenvalue weighted by Crippen LogP contribution is -1.95. The van der Waals surface area contributed by atoms with E-state index in [0.717, 1.165) is 6.07 Å². The van der Waals surface area contributed by atoms with Crippen LogP contribution >= 0.6 is 0 Å². The molecule has 0 spiro atoms. The maximum Gasteiger partial charge on any atom is 0.165 e. The average Bonchev–Trinajstić information content (AvgIpc) is 2.19. The van der Waals surface area contributed by atoms with Gasteiger partial charge < -0.3 is 4.74 Å². The van der Waals surface area contributed by atoms with Crippen LogP contribution in [0.25, 0.3) is 0 Å². The predicted octanol–water partition coefficient (Wildman–Crippen LogP) is 1.77. The standard InChI is InChI=1S/C10H7FN2O/c1-14-10-5-8(6-13)7(2-3-12)4-9(10)11/h4-5H,2H2,1H3. The van der Waals surface area contributed by atoms with Crippen molar-refractivity contribution >= 4 is 0 Å². The second-order valence-corrected chi connectivity index (χ2v) is 2.59. The minimum absolute atomic E-state index is 0.0169. The van der Waals surface area contributed by atoms with E-state index in [4.69, 9.17) is 15.3 Å². The molecule has 4 heteroatoms. The fraction of sp³-hybridized carbons (Fsp3) is 0.200. The van der Waals surface area contributed by atoms with Crippen molar-refractivity contribution in [3.63, 3.8) is 0 Å². The summed E-state index contributed by atoms with van der Waals surface area (Å²) >= 11 is 0. The van der Waals surface area contributed by atoms with Crippen LogP contribution in [0.3, 0.4) is 0 Å². The van der Waals surface area contributed by atoms with Gasteiger partial charge in [0, 0.05) is 6.07 Å². The zero-order valence-electron chi connectivity index (χ0n) is 7.54. The second-order valence-electron chi connectivity index (χ2n) is 2.59. The first-order valence-electron chi connectivity index (χ1n) is 3.86. The quantitative estimate of drug-likeness (QED) is 0.714. The summed E-state index contributed by atoms with van der Waals surface area (Å²) in [6.45, 7) is 0. The molecule has 0 saturated carbocycles. The Labute approximate surface area is 81.0 Å². The van der Waals surface area contributed by atoms with E-state index >= 15 is 0 Å². The molecule has 0 saturated heterocycles. The topological polar surface area (TPSA) is 56.8 Å². The van der Waals surface area contributed by atoms with Crippen LogP contribution in [0, 0.1) is 28.5 Å². The third kappa shape index (κ3) is 1.81. The minimum Gasteiger partial charge on any atom is -0.494 e. The molecular weight excluding hydrogens is 183 g/mol. The van der Waals surface area contributed by atoms with E-state index < -0.39 is 5.82 Å². The maximum atomic E-state index is 13.1. The second kappa shape index (κ2) is 4.25. The zero-order valence-corrected chi connectivity index (χ0v) is 7.54. The Morgan fingerprint density at radius 2 is 2.14 bits per heavy atom. The average molecular weight is 190 g/mol. The van der Waals surface area contributed by atoms with Crippen LogP contribution in [0.4, 0.5) is 4.39 Å². The van der Waals surface area contributed by atoms with Crippen LogP contribution in [0.5, 0.6) is 5.75 Å². The fourth-order valence-electron chi connectivity index (χ4n) is 1.09. The largest absolute Gasteiger partial charge is 0.494 e. The Morgan fingerprint density at radius 3 is 2.64 bits per heavy atom. The Hall–Kier alpha value is -2.07. The molecule has 0 aliphatic heterocycles. The SMILES string of the molecule is COc1cc(C#N)c(CC#N)cc1F. The summed E-state index contributed by atoms with van der Waals surface area (Å²) in [6, 6.07) is 6.20. The lowest BCUT2D eigenvalue weighted by atomic mass is 10.1. The maximum absolute atomic E-state index is 13.1. The van der Waals surface area contributed by atoms with E-state index in [1.54, 1.807) is 0 Å². The van der Waals surface area contributed by atoms with Crippen molar-refractivity contribution in [3.05, 3.63) is 29.1 Å². The predicted molar refractivity (Wildman–Crippen MR) is 47.0 cm³/mol. The van der Waals surface area contributed by atoms with Crippen molar-refractivity contribution in [3.8, 4) is 17.9 Å². The Kier molecular flexibility index (Phi) is 3.04. The molecule has 0 aromatic heterocycles. The number of hydrogen-bond donors (Lipinski definition) is 0. The molecule has 0 aliphatic rings. The molecular formula is C10H7FN2O. The number of halogens is 1. The molecule has 14 heavy (non-hydrogen) atoms. The van der Waals surface area contributed by atoms with Gasteiger partial charge in [-0.15, -0.1) is 0 Å². The summed E-state index contributed by atoms with van der Waals surface area (Å²) in [5.74, 6) is -0.542. The first-order chi connectivity index (χ1) is 6.72. The van der Waals surface area contributed by atoms with E-state index in [9.17, 15) is 4.39 Å². The fourth-order valence-corrected chi connectivity index (χ4v) is 1.09. The van der Waals surface area contributed by atoms with Gasteiger partial charge in [0.25, 0.3) is 0 Å². The molecule has 3 nitrogen and oxygen atoms in total. The summed E-state index contributed by atoms with van der Waals surface area (Å²) in [4.78, 5) is 0. The van der Waals surface area contributed by atoms with Crippen LogP contribution < -0.4 is 4.74 Å². The third-order valence-electron chi connectivity index (χ3n) is 1.77. The van der Waals surface area contributed by atoms with Crippen molar-refractivity contribution in [2.75, 3.05) is 7.11 Å². The zero-order chi connectivity index (χ0) is 10.6. The summed E-state index contributed by atoms with van der Waals surface area (Å²) in [6.07, 6.45) is 0.0177. The molecule has 0 atom stereocenters. The van der Waals surface area contributed by atoms with Gasteiger partial charge in [-0.25, -0.2) is 4.39 Å². The minimum atomic E-state index is -0.559. The first-order valence-corrected chi connectivity index (χ1v) is 3.86. The number of nitrogens with zero attached hydrogens (tertiary/aromatic N) is 2. The first kappa shape index (κ1) is 10.0. The van der Waals surface area contributed by atoms with Crippen molar-refractivity contribution in [1.82, 2.24) is 0 Å². The number of rotatable bonds is 2. The van der Waals surface area contributed by atoms with Gasteiger partial charge in [-0.3, -0.25) is 0 Å². The van der Waals surface area contributed by atoms with E-state index in [1.807, 2.05) is 12.1 Å². The highest BCUT2D eigenvalue weighted by Gasteiger charge is 2.09. The van der Waals surface area contributed by atoms with Gasteiger partial charge in [0.1, 0.15) is 0 Å². The summed E-state index contributed by atoms with van der Waals surface area (Å²) in [5.41, 5.74) is 0.651. The number of ether oxygens (including phenoxy) is 1. The highest BCUT2D eigenvalue weighted by Crippen LogP contribution is 2.21. The van der Waals surface area contributed by atoms with Crippen molar-refractivity contribution in [2.24, 2.45) is 0 Å². The molecule has 0 N–H and O–H groups in total. The molecule has 70 valence electrons. The summed E-state index contributed by atoms with van der Waals surface area (Å²) in [7, 11) is 1.32. The molecule has 1 aromatic carbocycles. The molecule has 0 radical (unpaired) electrons. The van der Waals surface area contributed by atoms with Gasteiger partial charge in [-0.2, -0.15) is 10.5 Å². The van der Waals surface area contributed by atoms with Gasteiger partial charge in [0.05, 0.1) is 31.2 Å². The molecule has 1 aromatic rings. The Bertz CT molecular complexity index is 429. The van der Waals surface area contributed by atoms with Crippen molar-refractivity contribution in [1.29, 1.82) is 10.5 Å². The van der Waals surface area contributed by atoms with Gasteiger partial charge in [0.15, 0.2) is 11.6 Å². The third-order valence-corrected chi connectivity index (χ3v) is 1.77. The van der Waals surface area contributed by atoms with E-state index in [1.165, 1.54) is 13.2 Å². The van der Waals surface area contributed by atoms with Gasteiger partial charge in [0.2, 0.25) is 0 Å². The number of nitriles is 2. The van der Waals surface area contributed by atoms with Crippen molar-refractivity contribution < 1.29 is 9.13 Å². The van der Waals surface area contributed by atoms with Crippen molar-refractivity contribution in [2.45, 2.75) is 6.42 Å². The van der Waals surface area contributed by atoms with Gasteiger partial charge in [-0.1, -0.05) is 0 Å². The highest BCUT2D eigenvalue weighted by molar-refractivity contribution is 5.45. The molecule has 0 amide bonds. The highest BCUT2D eigenvalue weighted by atomic mass is 19.1. The molecule has 1 rings (SSSR count). The van der Waals surface area contributed by atoms with Gasteiger partial charge >= 0.3 is 0 Å². The summed E-state index contributed by atoms with van der Waals surface area (Å²) in [5, 5.41) is 17.2. The Balaban J connectivity index is 3.27. The molecule has 0 unspecified atom stereocenters. The van der Waals surface area contributed by atoms with Crippen LogP contribution in [0.2, 0.25) is 0 Å². The van der Waals surface area contributed by atoms with Gasteiger partial charge in [-0.05, 0) is 11.6 Å². The van der Waals surface area contributed by atoms with Crippen LogP contribution in [0.1, 0.15) is 11.1 Å². The summed E-state index contributed by atoms with van der Waals surface area (Å²) < 4.78 is 17.9. The lowest BCUT2D eigenvalue weighted by molar-refractivity contribution is 0.386. The molecule has 0 bridgehead atoms. The van der Waals surface area contributed by atoms with Crippen LogP contribution in [-0.4, -0.2) is 7.11 Å². The van der Waals surface area contributed by atoms with E-state index in [2.05, 4.69) is 0 Å². The Morgan fingerprint density at radius 1 is 1.43 bits per heavy atom. The normalized spacial score (nSPS) is 8.86. The van der Waals surface area contributed by atoms with Crippen LogP contribution in [0.15, 0.2) is 12.1 Å². The molecule has 0 heterocycles. The number of benzene rings is 1. The smallest absolute Gasteiger partial charge is 0.165 e. The molecule has 0 fully saturated rings. The number of hydrogen-bond acceptors (Lipinski definition) is 3. The number of methoxy groups -OCH3 is 1. The lowest BCUT2D eigenvalue weighted by Gasteiger charge is -2.04. The monoisotopic (exact) mass is 190 g/mol.